The van der Waals surface area contributed by atoms with Crippen LogP contribution in [0.2, 0.25) is 0 Å². The lowest BCUT2D eigenvalue weighted by atomic mass is 9.98. The van der Waals surface area contributed by atoms with E-state index in [9.17, 15) is 34.5 Å². The minimum Gasteiger partial charge on any atom is -0.479 e. The molecule has 1 aliphatic heterocycles. The Bertz CT molecular complexity index is 1390. The number of allylic oxidation sites excluding steroid dienone is 2. The topological polar surface area (TPSA) is 175 Å². The van der Waals surface area contributed by atoms with Crippen LogP contribution >= 0.6 is 0 Å². The fourth-order valence-electron chi connectivity index (χ4n) is 10.3. The standard InChI is InChI=1S/C65H120O12/c1-4-7-10-13-16-19-22-25-27-29-31-34-36-39-42-45-48-51-57(66)73-54-56(75-58(67)52-49-46-43-40-37-33-24-21-18-15-12-9-6-3)55-74-65-63(61(70)60(69)62(77-65)64(71)72)76-59(68)53-50-47-44-41-38-35-32-30-28-26-23-20-17-14-11-8-5-2/h25,27,56,60-63,65,69-70H,4-24,26,28-55H2,1-3H3,(H,71,72)/b27-25-. The van der Waals surface area contributed by atoms with Gasteiger partial charge in [-0.2, -0.15) is 0 Å². The quantitative estimate of drug-likeness (QED) is 0.0228. The van der Waals surface area contributed by atoms with Crippen LogP contribution < -0.4 is 0 Å². The summed E-state index contributed by atoms with van der Waals surface area (Å²) in [5.41, 5.74) is 0. The highest BCUT2D eigenvalue weighted by Crippen LogP contribution is 2.27. The summed E-state index contributed by atoms with van der Waals surface area (Å²) in [5.74, 6) is -3.08. The molecule has 0 amide bonds. The van der Waals surface area contributed by atoms with Gasteiger partial charge in [-0.1, -0.05) is 277 Å². The summed E-state index contributed by atoms with van der Waals surface area (Å²) in [4.78, 5) is 51.3. The van der Waals surface area contributed by atoms with E-state index in [1.807, 2.05) is 0 Å². The number of aliphatic hydroxyl groups is 2. The van der Waals surface area contributed by atoms with Gasteiger partial charge in [0.25, 0.3) is 0 Å². The molecule has 0 aliphatic carbocycles. The highest BCUT2D eigenvalue weighted by atomic mass is 16.7. The molecule has 6 atom stereocenters. The molecule has 0 aromatic carbocycles. The van der Waals surface area contributed by atoms with Crippen LogP contribution in [-0.2, 0) is 42.9 Å². The molecule has 1 fully saturated rings. The number of hydrogen-bond acceptors (Lipinski definition) is 11. The number of carboxylic acid groups (broad SMARTS) is 1. The van der Waals surface area contributed by atoms with E-state index in [1.165, 1.54) is 205 Å². The number of esters is 3. The fourth-order valence-corrected chi connectivity index (χ4v) is 10.3. The van der Waals surface area contributed by atoms with Crippen molar-refractivity contribution in [1.82, 2.24) is 0 Å². The second kappa shape index (κ2) is 54.1. The predicted molar refractivity (Wildman–Crippen MR) is 313 cm³/mol. The number of carbonyl (C=O) groups is 4. The van der Waals surface area contributed by atoms with Gasteiger partial charge in [0.15, 0.2) is 24.6 Å². The van der Waals surface area contributed by atoms with Crippen LogP contribution in [0.3, 0.4) is 0 Å². The van der Waals surface area contributed by atoms with Crippen molar-refractivity contribution in [1.29, 1.82) is 0 Å². The molecule has 0 spiro atoms. The lowest BCUT2D eigenvalue weighted by Gasteiger charge is -2.40. The maximum Gasteiger partial charge on any atom is 0.335 e. The van der Waals surface area contributed by atoms with Crippen molar-refractivity contribution in [2.75, 3.05) is 13.2 Å². The monoisotopic (exact) mass is 1090 g/mol. The van der Waals surface area contributed by atoms with E-state index in [-0.39, 0.29) is 25.9 Å². The number of unbranched alkanes of at least 4 members (excludes halogenated alkanes) is 41. The molecule has 452 valence electrons. The van der Waals surface area contributed by atoms with Gasteiger partial charge in [0.05, 0.1) is 6.61 Å². The molecular weight excluding hydrogens is 973 g/mol. The average molecular weight is 1090 g/mol. The zero-order valence-electron chi connectivity index (χ0n) is 50.0. The predicted octanol–water partition coefficient (Wildman–Crippen LogP) is 17.2. The Balaban J connectivity index is 2.63. The molecule has 1 aliphatic rings. The van der Waals surface area contributed by atoms with Crippen LogP contribution in [-0.4, -0.2) is 89.2 Å². The first kappa shape index (κ1) is 72.5. The third kappa shape index (κ3) is 43.9. The molecule has 0 radical (unpaired) electrons. The molecule has 6 unspecified atom stereocenters. The third-order valence-electron chi connectivity index (χ3n) is 15.3. The van der Waals surface area contributed by atoms with Crippen molar-refractivity contribution in [3.05, 3.63) is 12.2 Å². The van der Waals surface area contributed by atoms with Gasteiger partial charge in [0.2, 0.25) is 0 Å². The van der Waals surface area contributed by atoms with E-state index >= 15 is 0 Å². The van der Waals surface area contributed by atoms with E-state index in [1.54, 1.807) is 0 Å². The van der Waals surface area contributed by atoms with E-state index in [2.05, 4.69) is 32.9 Å². The van der Waals surface area contributed by atoms with Gasteiger partial charge in [-0.15, -0.1) is 0 Å². The highest BCUT2D eigenvalue weighted by Gasteiger charge is 2.50. The van der Waals surface area contributed by atoms with Gasteiger partial charge in [-0.3, -0.25) is 14.4 Å². The summed E-state index contributed by atoms with van der Waals surface area (Å²) in [6.45, 7) is 6.04. The highest BCUT2D eigenvalue weighted by molar-refractivity contribution is 5.74. The summed E-state index contributed by atoms with van der Waals surface area (Å²) in [6, 6.07) is 0. The summed E-state index contributed by atoms with van der Waals surface area (Å²) >= 11 is 0. The van der Waals surface area contributed by atoms with E-state index in [0.29, 0.717) is 19.3 Å². The normalized spacial score (nSPS) is 18.0. The number of ether oxygens (including phenoxy) is 5. The van der Waals surface area contributed by atoms with Crippen LogP contribution in [0, 0.1) is 0 Å². The molecule has 3 N–H and O–H groups in total. The molecule has 1 rings (SSSR count). The summed E-state index contributed by atoms with van der Waals surface area (Å²) in [6.07, 6.45) is 48.8. The number of hydrogen-bond donors (Lipinski definition) is 3. The molecule has 77 heavy (non-hydrogen) atoms. The summed E-state index contributed by atoms with van der Waals surface area (Å²) in [5, 5.41) is 31.6. The lowest BCUT2D eigenvalue weighted by Crippen LogP contribution is -2.61. The van der Waals surface area contributed by atoms with Gasteiger partial charge in [0, 0.05) is 19.3 Å². The first-order chi connectivity index (χ1) is 37.6. The number of aliphatic carboxylic acids is 1. The number of carboxylic acids is 1. The van der Waals surface area contributed by atoms with Crippen molar-refractivity contribution in [3.8, 4) is 0 Å². The molecule has 1 saturated heterocycles. The van der Waals surface area contributed by atoms with Gasteiger partial charge in [-0.05, 0) is 44.9 Å². The zero-order valence-corrected chi connectivity index (χ0v) is 50.0. The van der Waals surface area contributed by atoms with E-state index in [4.69, 9.17) is 23.7 Å². The average Bonchev–Trinajstić information content (AvgIpc) is 3.42. The third-order valence-corrected chi connectivity index (χ3v) is 15.3. The Hall–Kier alpha value is -2.54. The molecule has 1 heterocycles. The maximum absolute atomic E-state index is 13.2. The number of carbonyl (C=O) groups excluding carboxylic acids is 3. The van der Waals surface area contributed by atoms with Gasteiger partial charge >= 0.3 is 23.9 Å². The van der Waals surface area contributed by atoms with Crippen LogP contribution in [0.1, 0.15) is 329 Å². The molecule has 0 bridgehead atoms. The van der Waals surface area contributed by atoms with Gasteiger partial charge in [-0.25, -0.2) is 4.79 Å². The molecule has 12 heteroatoms. The minimum absolute atomic E-state index is 0.0691. The Morgan fingerprint density at radius 2 is 0.740 bits per heavy atom. The van der Waals surface area contributed by atoms with Crippen molar-refractivity contribution < 1.29 is 58.2 Å². The summed E-state index contributed by atoms with van der Waals surface area (Å²) in [7, 11) is 0. The van der Waals surface area contributed by atoms with Crippen molar-refractivity contribution >= 4 is 23.9 Å². The van der Waals surface area contributed by atoms with E-state index in [0.717, 1.165) is 64.2 Å². The van der Waals surface area contributed by atoms with Crippen LogP contribution in [0.25, 0.3) is 0 Å². The van der Waals surface area contributed by atoms with E-state index < -0.39 is 67.3 Å². The van der Waals surface area contributed by atoms with Gasteiger partial charge < -0.3 is 39.0 Å². The molecule has 0 aromatic rings. The Kier molecular flexibility index (Phi) is 50.9. The lowest BCUT2D eigenvalue weighted by molar-refractivity contribution is -0.301. The maximum atomic E-state index is 13.2. The number of rotatable bonds is 57. The molecule has 0 saturated carbocycles. The van der Waals surface area contributed by atoms with Crippen molar-refractivity contribution in [2.45, 2.75) is 366 Å². The fraction of sp³-hybridized carbons (Fsp3) is 0.908. The Morgan fingerprint density at radius 1 is 0.416 bits per heavy atom. The SMILES string of the molecule is CCCCCCCC/C=C\CCCCCCCCCC(=O)OCC(COC1OC(C(=O)O)C(O)C(O)C1OC(=O)CCCCCCCCCCCCCCCCCCC)OC(=O)CCCCCCCCCCCCCCC. The van der Waals surface area contributed by atoms with Gasteiger partial charge in [0.1, 0.15) is 18.8 Å². The smallest absolute Gasteiger partial charge is 0.335 e. The Morgan fingerprint density at radius 3 is 1.10 bits per heavy atom. The van der Waals surface area contributed by atoms with Crippen LogP contribution in [0.5, 0.6) is 0 Å². The minimum atomic E-state index is -1.90. The largest absolute Gasteiger partial charge is 0.479 e. The first-order valence-electron chi connectivity index (χ1n) is 32.7. The van der Waals surface area contributed by atoms with Crippen LogP contribution in [0.4, 0.5) is 0 Å². The molecule has 12 nitrogen and oxygen atoms in total. The number of aliphatic hydroxyl groups excluding tert-OH is 2. The van der Waals surface area contributed by atoms with Crippen molar-refractivity contribution in [3.63, 3.8) is 0 Å². The second-order valence-electron chi connectivity index (χ2n) is 22.8. The van der Waals surface area contributed by atoms with Crippen LogP contribution in [0.15, 0.2) is 12.2 Å². The van der Waals surface area contributed by atoms with Crippen molar-refractivity contribution in [2.24, 2.45) is 0 Å². The second-order valence-corrected chi connectivity index (χ2v) is 22.8. The molecule has 0 aromatic heterocycles. The summed E-state index contributed by atoms with van der Waals surface area (Å²) < 4.78 is 28.5. The Labute approximate surface area is 471 Å². The zero-order chi connectivity index (χ0) is 56.1. The molecular formula is C65H120O12. The first-order valence-corrected chi connectivity index (χ1v) is 32.7.